The predicted molar refractivity (Wildman–Crippen MR) is 229 cm³/mol. The molecule has 0 unspecified atom stereocenters. The summed E-state index contributed by atoms with van der Waals surface area (Å²) in [4.78, 5) is 0. The van der Waals surface area contributed by atoms with Crippen molar-refractivity contribution in [2.24, 2.45) is 43.3 Å². The molecule has 0 aromatic carbocycles. The SMILES string of the molecule is C1CCOC1.C1CCOC1.CC(C)(C)C(=[N-])C(C)(C)C.CC(C)(C)C(=[N-])C(C)(C)C.CC(C)(C)C(=[N-])C(C)(C)C.CC(C)(C)C(=[N-])C(C)(C)C.[Li+].[Li+].[Mn+2]. The summed E-state index contributed by atoms with van der Waals surface area (Å²) in [6.45, 7) is 52.5. The van der Waals surface area contributed by atoms with Crippen molar-refractivity contribution in [3.05, 3.63) is 21.6 Å². The summed E-state index contributed by atoms with van der Waals surface area (Å²) in [5, 5.41) is 38.6. The number of nitrogens with zero attached hydrogens (tertiary/aromatic N) is 4. The van der Waals surface area contributed by atoms with Crippen molar-refractivity contribution < 1.29 is 64.3 Å². The molecule has 2 heterocycles. The second-order valence-corrected chi connectivity index (χ2v) is 22.0. The van der Waals surface area contributed by atoms with Crippen molar-refractivity contribution in [3.8, 4) is 0 Å². The molecule has 2 aliphatic heterocycles. The van der Waals surface area contributed by atoms with E-state index in [0.29, 0.717) is 22.8 Å². The van der Waals surface area contributed by atoms with E-state index in [2.05, 4.69) is 0 Å². The summed E-state index contributed by atoms with van der Waals surface area (Å²) in [7, 11) is 0. The van der Waals surface area contributed by atoms with Crippen molar-refractivity contribution >= 4 is 22.8 Å². The number of rotatable bonds is 0. The summed E-state index contributed by atoms with van der Waals surface area (Å²) >= 11 is 0. The minimum atomic E-state index is -0.0851. The van der Waals surface area contributed by atoms with Crippen molar-refractivity contribution in [3.63, 3.8) is 0 Å². The maximum Gasteiger partial charge on any atom is 2.00 e. The fourth-order valence-electron chi connectivity index (χ4n) is 5.52. The topological polar surface area (TPSA) is 108 Å². The van der Waals surface area contributed by atoms with E-state index in [0.717, 1.165) is 26.4 Å². The quantitative estimate of drug-likeness (QED) is 0.184. The van der Waals surface area contributed by atoms with Gasteiger partial charge in [0.1, 0.15) is 0 Å². The van der Waals surface area contributed by atoms with Gasteiger partial charge in [-0.3, -0.25) is 0 Å². The zero-order valence-corrected chi connectivity index (χ0v) is 41.8. The first-order chi connectivity index (χ1) is 21.6. The largest absolute Gasteiger partial charge is 2.00 e. The van der Waals surface area contributed by atoms with Gasteiger partial charge in [0.25, 0.3) is 0 Å². The second-order valence-electron chi connectivity index (χ2n) is 22.0. The van der Waals surface area contributed by atoms with Crippen LogP contribution in [0.2, 0.25) is 0 Å². The van der Waals surface area contributed by atoms with Gasteiger partial charge in [0.05, 0.1) is 0 Å². The Kier molecular flexibility index (Phi) is 35.8. The minimum Gasteiger partial charge on any atom is -0.810 e. The molecule has 6 nitrogen and oxygen atoms in total. The standard InChI is InChI=1S/4C9H18N.2C4H8O.2Li.Mn/c4*1-8(2,3)7(10)9(4,5)6;2*1-2-4-5-3-1;;;/h4*1-6H3;2*1-4H2;;;/q4*-1;;;2*+1;+2. The molecule has 9 heteroatoms. The Bertz CT molecular complexity index is 761. The number of hydrogen-bond acceptors (Lipinski definition) is 2. The fraction of sp³-hybridized carbons (Fsp3) is 0.909. The third-order valence-electron chi connectivity index (χ3n) is 7.34. The molecule has 2 aliphatic rings. The van der Waals surface area contributed by atoms with Gasteiger partial charge in [0, 0.05) is 26.4 Å². The second kappa shape index (κ2) is 27.9. The van der Waals surface area contributed by atoms with Crippen LogP contribution in [0.3, 0.4) is 0 Å². The van der Waals surface area contributed by atoms with E-state index in [1.54, 1.807) is 0 Å². The third-order valence-corrected chi connectivity index (χ3v) is 7.34. The van der Waals surface area contributed by atoms with E-state index in [1.807, 2.05) is 166 Å². The molecule has 2 saturated heterocycles. The molecule has 0 spiro atoms. The first-order valence-electron chi connectivity index (χ1n) is 19.0. The van der Waals surface area contributed by atoms with E-state index in [1.165, 1.54) is 25.7 Å². The van der Waals surface area contributed by atoms with Gasteiger partial charge in [0.15, 0.2) is 0 Å². The van der Waals surface area contributed by atoms with Gasteiger partial charge in [0.2, 0.25) is 0 Å². The number of hydrogen-bond donors (Lipinski definition) is 0. The van der Waals surface area contributed by atoms with E-state index in [4.69, 9.17) is 9.47 Å². The summed E-state index contributed by atoms with van der Waals surface area (Å²) in [5.41, 5.74) is 1.60. The molecular weight excluding hydrogens is 685 g/mol. The van der Waals surface area contributed by atoms with Crippen molar-refractivity contribution in [2.45, 2.75) is 192 Å². The van der Waals surface area contributed by atoms with Crippen LogP contribution in [-0.4, -0.2) is 49.3 Å². The summed E-state index contributed by atoms with van der Waals surface area (Å²) in [6.07, 6.45) is 5.11. The molecule has 53 heavy (non-hydrogen) atoms. The van der Waals surface area contributed by atoms with Gasteiger partial charge in [-0.05, 0) is 69.0 Å². The van der Waals surface area contributed by atoms with Crippen LogP contribution in [0.5, 0.6) is 0 Å². The Morgan fingerprint density at radius 2 is 0.377 bits per heavy atom. The molecule has 0 N–H and O–H groups in total. The van der Waals surface area contributed by atoms with Crippen LogP contribution < -0.4 is 37.7 Å². The zero-order chi connectivity index (χ0) is 41.4. The van der Waals surface area contributed by atoms with E-state index < -0.39 is 0 Å². The van der Waals surface area contributed by atoms with Crippen LogP contribution in [0.15, 0.2) is 0 Å². The zero-order valence-electron chi connectivity index (χ0n) is 40.6. The Morgan fingerprint density at radius 1 is 0.283 bits per heavy atom. The van der Waals surface area contributed by atoms with Crippen molar-refractivity contribution in [1.82, 2.24) is 0 Å². The number of ether oxygens (including phenoxy) is 2. The monoisotopic (exact) mass is 774 g/mol. The first-order valence-corrected chi connectivity index (χ1v) is 19.0. The normalized spacial score (nSPS) is 14.6. The molecule has 0 amide bonds. The molecule has 0 aromatic rings. The molecule has 0 bridgehead atoms. The molecule has 305 valence electrons. The summed E-state index contributed by atoms with van der Waals surface area (Å²) < 4.78 is 9.89. The van der Waals surface area contributed by atoms with Gasteiger partial charge in [-0.2, -0.15) is 22.8 Å². The maximum atomic E-state index is 9.64. The van der Waals surface area contributed by atoms with E-state index >= 15 is 0 Å². The average Bonchev–Trinajstić information content (AvgIpc) is 3.63. The van der Waals surface area contributed by atoms with Gasteiger partial charge in [-0.15, -0.1) is 0 Å². The molecule has 0 aliphatic carbocycles. The van der Waals surface area contributed by atoms with Gasteiger partial charge >= 0.3 is 54.8 Å². The van der Waals surface area contributed by atoms with Crippen LogP contribution in [0.25, 0.3) is 21.6 Å². The Labute approximate surface area is 368 Å². The van der Waals surface area contributed by atoms with Crippen LogP contribution in [0.4, 0.5) is 0 Å². The first kappa shape index (κ1) is 68.0. The molecule has 2 rings (SSSR count). The van der Waals surface area contributed by atoms with Crippen LogP contribution >= 0.6 is 0 Å². The van der Waals surface area contributed by atoms with E-state index in [9.17, 15) is 21.6 Å². The van der Waals surface area contributed by atoms with Crippen LogP contribution in [0, 0.1) is 43.3 Å². The Morgan fingerprint density at radius 3 is 0.396 bits per heavy atom. The van der Waals surface area contributed by atoms with Crippen molar-refractivity contribution in [2.75, 3.05) is 26.4 Å². The van der Waals surface area contributed by atoms with Crippen molar-refractivity contribution in [1.29, 1.82) is 0 Å². The Balaban J connectivity index is -0.0000000962. The molecule has 2 fully saturated rings. The van der Waals surface area contributed by atoms with Gasteiger partial charge < -0.3 is 31.1 Å². The van der Waals surface area contributed by atoms with E-state index in [-0.39, 0.29) is 98.1 Å². The smallest absolute Gasteiger partial charge is 0.810 e. The predicted octanol–water partition coefficient (Wildman–Crippen LogP) is 7.96. The van der Waals surface area contributed by atoms with Gasteiger partial charge in [-0.1, -0.05) is 166 Å². The molecule has 1 radical (unpaired) electrons. The molecule has 0 saturated carbocycles. The Hall–Kier alpha value is 0.314. The third kappa shape index (κ3) is 38.9. The molecule has 0 atom stereocenters. The summed E-state index contributed by atoms with van der Waals surface area (Å²) in [5.74, 6) is 0. The minimum absolute atomic E-state index is 0. The average molecular weight is 774 g/mol. The van der Waals surface area contributed by atoms with Crippen LogP contribution in [0.1, 0.15) is 192 Å². The molecular formula is C44H88Li2MnN4O2. The van der Waals surface area contributed by atoms with Gasteiger partial charge in [-0.25, -0.2) is 0 Å². The fourth-order valence-corrected chi connectivity index (χ4v) is 5.52. The van der Waals surface area contributed by atoms with Crippen LogP contribution in [-0.2, 0) is 26.5 Å². The maximum absolute atomic E-state index is 9.64. The molecule has 0 aromatic heterocycles. The summed E-state index contributed by atoms with van der Waals surface area (Å²) in [6, 6.07) is 0.